The number of rotatable bonds is 0. The van der Waals surface area contributed by atoms with Crippen LogP contribution in [0.2, 0.25) is 0 Å². The molecule has 2 heterocycles. The van der Waals surface area contributed by atoms with Gasteiger partial charge in [-0.25, -0.2) is 0 Å². The number of hydrogen-bond donors (Lipinski definition) is 2. The van der Waals surface area contributed by atoms with Gasteiger partial charge >= 0.3 is 0 Å². The highest BCUT2D eigenvalue weighted by atomic mass is 32.2. The fraction of sp³-hybridized carbons (Fsp3) is 0.429. The smallest absolute Gasteiger partial charge is 0.0434 e. The van der Waals surface area contributed by atoms with Gasteiger partial charge in [-0.1, -0.05) is 0 Å². The summed E-state index contributed by atoms with van der Waals surface area (Å²) in [7, 11) is 0. The molecule has 0 saturated carbocycles. The number of H-pyrrole nitrogens is 1. The second-order valence-electron chi connectivity index (χ2n) is 2.44. The molecule has 2 N–H and O–H groups in total. The molecule has 0 aliphatic carbocycles. The fourth-order valence-corrected chi connectivity index (χ4v) is 1.97. The number of aromatic amines is 1. The van der Waals surface area contributed by atoms with E-state index in [0.29, 0.717) is 0 Å². The van der Waals surface area contributed by atoms with Gasteiger partial charge in [-0.3, -0.25) is 4.72 Å². The quantitative estimate of drug-likeness (QED) is 0.555. The van der Waals surface area contributed by atoms with Crippen LogP contribution in [-0.4, -0.2) is 11.5 Å². The molecule has 1 aromatic rings. The van der Waals surface area contributed by atoms with Gasteiger partial charge in [-0.2, -0.15) is 0 Å². The van der Waals surface area contributed by atoms with Crippen molar-refractivity contribution in [2.24, 2.45) is 0 Å². The summed E-state index contributed by atoms with van der Waals surface area (Å²) < 4.78 is 3.29. The summed E-state index contributed by atoms with van der Waals surface area (Å²) in [4.78, 5) is 4.47. The zero-order valence-corrected chi connectivity index (χ0v) is 6.50. The minimum absolute atomic E-state index is 1.12. The van der Waals surface area contributed by atoms with E-state index in [1.807, 2.05) is 0 Å². The number of fused-ring (bicyclic) bond motifs is 1. The van der Waals surface area contributed by atoms with Gasteiger partial charge in [0.25, 0.3) is 0 Å². The maximum absolute atomic E-state index is 3.29. The highest BCUT2D eigenvalue weighted by Gasteiger charge is 2.07. The van der Waals surface area contributed by atoms with Gasteiger partial charge in [-0.15, -0.1) is 0 Å². The molecule has 10 heavy (non-hydrogen) atoms. The molecular formula is C7H10N2S. The molecule has 0 aromatic carbocycles. The van der Waals surface area contributed by atoms with Gasteiger partial charge in [0.2, 0.25) is 0 Å². The van der Waals surface area contributed by atoms with E-state index in [0.717, 1.165) is 6.54 Å². The van der Waals surface area contributed by atoms with Crippen molar-refractivity contribution < 1.29 is 0 Å². The summed E-state index contributed by atoms with van der Waals surface area (Å²) in [6.07, 6.45) is 6.60. The largest absolute Gasteiger partial charge is 0.366 e. The standard InChI is InChI=1S/C7H10N2S/c1-2-6-4-8-5-7(6)10-9-3-1/h4-5,8-9H,1-3H2. The van der Waals surface area contributed by atoms with Gasteiger partial charge in [0.15, 0.2) is 0 Å². The monoisotopic (exact) mass is 154 g/mol. The molecule has 0 radical (unpaired) electrons. The summed E-state index contributed by atoms with van der Waals surface area (Å²) in [6, 6.07) is 0. The molecule has 0 spiro atoms. The van der Waals surface area contributed by atoms with Crippen molar-refractivity contribution >= 4 is 11.9 Å². The maximum Gasteiger partial charge on any atom is 0.0434 e. The van der Waals surface area contributed by atoms with Crippen LogP contribution < -0.4 is 4.72 Å². The third-order valence-corrected chi connectivity index (χ3v) is 2.64. The summed E-state index contributed by atoms with van der Waals surface area (Å²) in [5.41, 5.74) is 1.45. The normalized spacial score (nSPS) is 18.0. The molecule has 0 saturated heterocycles. The van der Waals surface area contributed by atoms with E-state index in [-0.39, 0.29) is 0 Å². The molecule has 2 nitrogen and oxygen atoms in total. The van der Waals surface area contributed by atoms with Crippen LogP contribution in [0.25, 0.3) is 0 Å². The minimum atomic E-state index is 1.12. The Morgan fingerprint density at radius 1 is 1.40 bits per heavy atom. The molecule has 0 unspecified atom stereocenters. The van der Waals surface area contributed by atoms with Gasteiger partial charge in [0, 0.05) is 23.8 Å². The lowest BCUT2D eigenvalue weighted by atomic mass is 10.2. The Morgan fingerprint density at radius 3 is 3.40 bits per heavy atom. The summed E-state index contributed by atoms with van der Waals surface area (Å²) in [5.74, 6) is 0. The van der Waals surface area contributed by atoms with Crippen LogP contribution in [-0.2, 0) is 6.42 Å². The topological polar surface area (TPSA) is 27.8 Å². The van der Waals surface area contributed by atoms with E-state index >= 15 is 0 Å². The Hall–Kier alpha value is -0.410. The van der Waals surface area contributed by atoms with E-state index in [1.165, 1.54) is 23.3 Å². The van der Waals surface area contributed by atoms with Gasteiger partial charge in [0.05, 0.1) is 0 Å². The molecule has 1 aliphatic rings. The molecule has 3 heteroatoms. The van der Waals surface area contributed by atoms with Crippen LogP contribution >= 0.6 is 11.9 Å². The molecule has 0 amide bonds. The third-order valence-electron chi connectivity index (χ3n) is 1.70. The molecule has 54 valence electrons. The van der Waals surface area contributed by atoms with Crippen LogP contribution in [0.5, 0.6) is 0 Å². The molecule has 0 fully saturated rings. The Balaban J connectivity index is 2.28. The van der Waals surface area contributed by atoms with Crippen molar-refractivity contribution in [2.75, 3.05) is 6.54 Å². The van der Waals surface area contributed by atoms with Crippen LogP contribution in [0.4, 0.5) is 0 Å². The van der Waals surface area contributed by atoms with E-state index in [4.69, 9.17) is 0 Å². The molecule has 1 aliphatic heterocycles. The summed E-state index contributed by atoms with van der Waals surface area (Å²) in [5, 5.41) is 0. The lowest BCUT2D eigenvalue weighted by Gasteiger charge is -1.93. The van der Waals surface area contributed by atoms with Crippen LogP contribution in [0.3, 0.4) is 0 Å². The highest BCUT2D eigenvalue weighted by molar-refractivity contribution is 7.97. The summed E-state index contributed by atoms with van der Waals surface area (Å²) >= 11 is 1.73. The van der Waals surface area contributed by atoms with Crippen molar-refractivity contribution in [3.63, 3.8) is 0 Å². The first-order valence-electron chi connectivity index (χ1n) is 3.52. The van der Waals surface area contributed by atoms with Crippen LogP contribution in [0.1, 0.15) is 12.0 Å². The van der Waals surface area contributed by atoms with Crippen LogP contribution in [0, 0.1) is 0 Å². The van der Waals surface area contributed by atoms with E-state index in [9.17, 15) is 0 Å². The van der Waals surface area contributed by atoms with E-state index < -0.39 is 0 Å². The Bertz CT molecular complexity index is 199. The van der Waals surface area contributed by atoms with Crippen molar-refractivity contribution in [1.82, 2.24) is 9.71 Å². The average Bonchev–Trinajstić information content (AvgIpc) is 2.28. The first-order chi connectivity index (χ1) is 4.97. The molecule has 2 rings (SSSR count). The zero-order valence-electron chi connectivity index (χ0n) is 5.68. The Labute approximate surface area is 64.5 Å². The predicted molar refractivity (Wildman–Crippen MR) is 43.0 cm³/mol. The minimum Gasteiger partial charge on any atom is -0.366 e. The predicted octanol–water partition coefficient (Wildman–Crippen LogP) is 1.56. The van der Waals surface area contributed by atoms with Crippen molar-refractivity contribution in [3.05, 3.63) is 18.0 Å². The van der Waals surface area contributed by atoms with Gasteiger partial charge in [-0.05, 0) is 30.4 Å². The lowest BCUT2D eigenvalue weighted by molar-refractivity contribution is 0.806. The summed E-state index contributed by atoms with van der Waals surface area (Å²) in [6.45, 7) is 1.12. The Kier molecular flexibility index (Phi) is 1.69. The SMILES string of the molecule is c1[nH]cc2c1CCCNS2. The first kappa shape index (κ1) is 6.31. The molecule has 1 aromatic heterocycles. The maximum atomic E-state index is 3.29. The van der Waals surface area contributed by atoms with Crippen LogP contribution in [0.15, 0.2) is 17.3 Å². The highest BCUT2D eigenvalue weighted by Crippen LogP contribution is 2.23. The average molecular weight is 154 g/mol. The third kappa shape index (κ3) is 1.07. The molecule has 0 bridgehead atoms. The molecular weight excluding hydrogens is 144 g/mol. The first-order valence-corrected chi connectivity index (χ1v) is 4.34. The number of aryl methyl sites for hydroxylation is 1. The zero-order chi connectivity index (χ0) is 6.81. The number of nitrogens with one attached hydrogen (secondary N) is 2. The number of aromatic nitrogens is 1. The van der Waals surface area contributed by atoms with Crippen molar-refractivity contribution in [2.45, 2.75) is 17.7 Å². The van der Waals surface area contributed by atoms with Gasteiger partial charge in [0.1, 0.15) is 0 Å². The Morgan fingerprint density at radius 2 is 2.40 bits per heavy atom. The van der Waals surface area contributed by atoms with E-state index in [2.05, 4.69) is 22.1 Å². The van der Waals surface area contributed by atoms with E-state index in [1.54, 1.807) is 11.9 Å². The number of hydrogen-bond acceptors (Lipinski definition) is 2. The van der Waals surface area contributed by atoms with Gasteiger partial charge < -0.3 is 4.98 Å². The second-order valence-corrected chi connectivity index (χ2v) is 3.38. The second kappa shape index (κ2) is 2.68. The van der Waals surface area contributed by atoms with Crippen molar-refractivity contribution in [3.8, 4) is 0 Å². The lowest BCUT2D eigenvalue weighted by Crippen LogP contribution is -2.02. The fourth-order valence-electron chi connectivity index (χ4n) is 1.15. The van der Waals surface area contributed by atoms with Crippen molar-refractivity contribution in [1.29, 1.82) is 0 Å². The molecule has 0 atom stereocenters.